The molecule has 0 aromatic carbocycles. The third-order valence-corrected chi connectivity index (χ3v) is 2.05. The molecule has 7 N–H and O–H groups in total. The van der Waals surface area contributed by atoms with Crippen LogP contribution in [0.25, 0.3) is 0 Å². The second-order valence-corrected chi connectivity index (χ2v) is 3.59. The first kappa shape index (κ1) is 16.3. The van der Waals surface area contributed by atoms with Crippen LogP contribution in [0.5, 0.6) is 0 Å². The number of rotatable bonds is 10. The zero-order chi connectivity index (χ0) is 14.1. The van der Waals surface area contributed by atoms with Crippen molar-refractivity contribution in [1.82, 2.24) is 10.6 Å². The Morgan fingerprint density at radius 2 is 1.67 bits per heavy atom. The lowest BCUT2D eigenvalue weighted by Gasteiger charge is -2.13. The van der Waals surface area contributed by atoms with E-state index < -0.39 is 36.4 Å². The molecule has 104 valence electrons. The number of hydrogen-bond donors (Lipinski definition) is 6. The third-order valence-electron chi connectivity index (χ3n) is 2.05. The lowest BCUT2D eigenvalue weighted by Crippen LogP contribution is -2.45. The van der Waals surface area contributed by atoms with Gasteiger partial charge in [-0.25, -0.2) is 0 Å². The van der Waals surface area contributed by atoms with Crippen molar-refractivity contribution < 1.29 is 29.7 Å². The number of carbonyl (C=O) groups is 3. The van der Waals surface area contributed by atoms with Gasteiger partial charge < -0.3 is 31.7 Å². The van der Waals surface area contributed by atoms with Gasteiger partial charge in [0.15, 0.2) is 0 Å². The standard InChI is InChI=1S/C9H17N3O6/c10-5(8(15)16)4-11-1-2-12-6(9(17)18)3-7(13)14/h5-6,11-12H,1-4,10H2,(H,13,14)(H,15,16)(H,17,18)/t5-,6+/m1/s1. The van der Waals surface area contributed by atoms with Crippen LogP contribution < -0.4 is 16.4 Å². The number of nitrogens with two attached hydrogens (primary N) is 1. The summed E-state index contributed by atoms with van der Waals surface area (Å²) < 4.78 is 0. The van der Waals surface area contributed by atoms with Gasteiger partial charge in [0.25, 0.3) is 0 Å². The van der Waals surface area contributed by atoms with Crippen molar-refractivity contribution >= 4 is 17.9 Å². The average Bonchev–Trinajstić information content (AvgIpc) is 2.25. The molecule has 0 aliphatic rings. The van der Waals surface area contributed by atoms with Crippen LogP contribution in [0.4, 0.5) is 0 Å². The Kier molecular flexibility index (Phi) is 7.59. The largest absolute Gasteiger partial charge is 0.481 e. The van der Waals surface area contributed by atoms with Crippen LogP contribution >= 0.6 is 0 Å². The summed E-state index contributed by atoms with van der Waals surface area (Å²) >= 11 is 0. The molecule has 18 heavy (non-hydrogen) atoms. The summed E-state index contributed by atoms with van der Waals surface area (Å²) in [5.41, 5.74) is 5.22. The highest BCUT2D eigenvalue weighted by atomic mass is 16.4. The van der Waals surface area contributed by atoms with Crippen LogP contribution in [0.15, 0.2) is 0 Å². The molecule has 0 spiro atoms. The molecular weight excluding hydrogens is 246 g/mol. The van der Waals surface area contributed by atoms with E-state index in [1.165, 1.54) is 0 Å². The predicted molar refractivity (Wildman–Crippen MR) is 60.2 cm³/mol. The summed E-state index contributed by atoms with van der Waals surface area (Å²) in [4.78, 5) is 31.4. The molecule has 0 aromatic rings. The Hall–Kier alpha value is -1.71. The smallest absolute Gasteiger partial charge is 0.321 e. The summed E-state index contributed by atoms with van der Waals surface area (Å²) in [5, 5.41) is 30.9. The average molecular weight is 263 g/mol. The fourth-order valence-electron chi connectivity index (χ4n) is 1.10. The van der Waals surface area contributed by atoms with Crippen LogP contribution in [0.2, 0.25) is 0 Å². The molecule has 9 heteroatoms. The Bertz CT molecular complexity index is 309. The number of aliphatic carboxylic acids is 3. The third kappa shape index (κ3) is 7.54. The molecule has 0 saturated carbocycles. The van der Waals surface area contributed by atoms with Crippen molar-refractivity contribution in [1.29, 1.82) is 0 Å². The molecule has 0 amide bonds. The normalized spacial score (nSPS) is 13.8. The molecule has 0 unspecified atom stereocenters. The van der Waals surface area contributed by atoms with E-state index in [0.717, 1.165) is 0 Å². The van der Waals surface area contributed by atoms with E-state index in [9.17, 15) is 14.4 Å². The number of carboxylic acid groups (broad SMARTS) is 3. The number of nitrogens with one attached hydrogen (secondary N) is 2. The van der Waals surface area contributed by atoms with Crippen molar-refractivity contribution in [3.8, 4) is 0 Å². The summed E-state index contributed by atoms with van der Waals surface area (Å²) in [6.45, 7) is 0.522. The SMILES string of the molecule is N[C@H](CNCCN[C@@H](CC(=O)O)C(=O)O)C(=O)O. The first-order valence-electron chi connectivity index (χ1n) is 5.21. The van der Waals surface area contributed by atoms with Crippen molar-refractivity contribution in [3.05, 3.63) is 0 Å². The minimum absolute atomic E-state index is 0.0493. The quantitative estimate of drug-likeness (QED) is 0.234. The van der Waals surface area contributed by atoms with E-state index >= 15 is 0 Å². The molecule has 0 saturated heterocycles. The maximum atomic E-state index is 10.7. The Morgan fingerprint density at radius 1 is 1.06 bits per heavy atom. The second-order valence-electron chi connectivity index (χ2n) is 3.59. The van der Waals surface area contributed by atoms with E-state index in [1.54, 1.807) is 0 Å². The Morgan fingerprint density at radius 3 is 2.11 bits per heavy atom. The Labute approximate surface area is 103 Å². The topological polar surface area (TPSA) is 162 Å². The summed E-state index contributed by atoms with van der Waals surface area (Å²) in [6.07, 6.45) is -0.524. The lowest BCUT2D eigenvalue weighted by molar-refractivity contribution is -0.145. The highest BCUT2D eigenvalue weighted by Crippen LogP contribution is 1.91. The van der Waals surface area contributed by atoms with Crippen molar-refractivity contribution in [3.63, 3.8) is 0 Å². The van der Waals surface area contributed by atoms with Crippen molar-refractivity contribution in [2.75, 3.05) is 19.6 Å². The highest BCUT2D eigenvalue weighted by Gasteiger charge is 2.19. The molecule has 2 atom stereocenters. The van der Waals surface area contributed by atoms with Crippen LogP contribution in [0.1, 0.15) is 6.42 Å². The molecule has 0 fully saturated rings. The van der Waals surface area contributed by atoms with E-state index in [-0.39, 0.29) is 19.6 Å². The maximum absolute atomic E-state index is 10.7. The van der Waals surface area contributed by atoms with Gasteiger partial charge in [-0.15, -0.1) is 0 Å². The van der Waals surface area contributed by atoms with Crippen LogP contribution in [0, 0.1) is 0 Å². The van der Waals surface area contributed by atoms with E-state index in [2.05, 4.69) is 10.6 Å². The first-order valence-corrected chi connectivity index (χ1v) is 5.21. The van der Waals surface area contributed by atoms with E-state index in [0.29, 0.717) is 0 Å². The number of hydrogen-bond acceptors (Lipinski definition) is 6. The van der Waals surface area contributed by atoms with Gasteiger partial charge in [-0.1, -0.05) is 0 Å². The van der Waals surface area contributed by atoms with Crippen molar-refractivity contribution in [2.24, 2.45) is 5.73 Å². The van der Waals surface area contributed by atoms with E-state index in [4.69, 9.17) is 21.1 Å². The van der Waals surface area contributed by atoms with Gasteiger partial charge in [-0.2, -0.15) is 0 Å². The van der Waals surface area contributed by atoms with Gasteiger partial charge in [-0.3, -0.25) is 14.4 Å². The zero-order valence-corrected chi connectivity index (χ0v) is 9.63. The van der Waals surface area contributed by atoms with Crippen LogP contribution in [0.3, 0.4) is 0 Å². The van der Waals surface area contributed by atoms with Crippen molar-refractivity contribution in [2.45, 2.75) is 18.5 Å². The second kappa shape index (κ2) is 8.39. The maximum Gasteiger partial charge on any atom is 0.321 e. The van der Waals surface area contributed by atoms with Crippen LogP contribution in [-0.2, 0) is 14.4 Å². The molecule has 0 rings (SSSR count). The summed E-state index contributed by atoms with van der Waals surface area (Å²) in [5.74, 6) is -3.60. The van der Waals surface area contributed by atoms with Gasteiger partial charge in [0.05, 0.1) is 6.42 Å². The fourth-order valence-corrected chi connectivity index (χ4v) is 1.10. The van der Waals surface area contributed by atoms with Gasteiger partial charge in [0.1, 0.15) is 12.1 Å². The van der Waals surface area contributed by atoms with Gasteiger partial charge in [-0.05, 0) is 0 Å². The molecule has 0 aliphatic carbocycles. The van der Waals surface area contributed by atoms with Gasteiger partial charge in [0, 0.05) is 19.6 Å². The van der Waals surface area contributed by atoms with Gasteiger partial charge >= 0.3 is 17.9 Å². The number of carboxylic acids is 3. The summed E-state index contributed by atoms with van der Waals surface area (Å²) in [6, 6.07) is -2.20. The molecule has 0 aliphatic heterocycles. The summed E-state index contributed by atoms with van der Waals surface area (Å²) in [7, 11) is 0. The predicted octanol–water partition coefficient (Wildman–Crippen LogP) is -2.49. The monoisotopic (exact) mass is 263 g/mol. The fraction of sp³-hybridized carbons (Fsp3) is 0.667. The Balaban J connectivity index is 3.77. The van der Waals surface area contributed by atoms with E-state index in [1.807, 2.05) is 0 Å². The molecule has 9 nitrogen and oxygen atoms in total. The lowest BCUT2D eigenvalue weighted by atomic mass is 10.2. The first-order chi connectivity index (χ1) is 8.34. The zero-order valence-electron chi connectivity index (χ0n) is 9.63. The molecule has 0 aromatic heterocycles. The minimum Gasteiger partial charge on any atom is -0.481 e. The van der Waals surface area contributed by atoms with Crippen LogP contribution in [-0.4, -0.2) is 64.9 Å². The molecule has 0 bridgehead atoms. The molecular formula is C9H17N3O6. The minimum atomic E-state index is -1.25. The molecule has 0 radical (unpaired) electrons. The highest BCUT2D eigenvalue weighted by molar-refractivity contribution is 5.80. The van der Waals surface area contributed by atoms with Gasteiger partial charge in [0.2, 0.25) is 0 Å². The molecule has 0 heterocycles.